The molecule has 117 heavy (non-hydrogen) atoms. The zero-order valence-corrected chi connectivity index (χ0v) is 86.4. The molecular weight excluding hydrogens is 1590 g/mol. The zero-order chi connectivity index (χ0) is 91.9. The summed E-state index contributed by atoms with van der Waals surface area (Å²) in [5, 5.41) is 0. The summed E-state index contributed by atoms with van der Waals surface area (Å²) in [5.74, 6) is -1.54. The Balaban J connectivity index is -0.00000146. The van der Waals surface area contributed by atoms with Crippen molar-refractivity contribution in [2.75, 3.05) is 19.8 Å². The number of hydrogen-bond acceptors (Lipinski definition) is 23. The molecule has 0 aliphatic heterocycles. The molecule has 0 aliphatic rings. The first-order chi connectivity index (χ1) is 52.4. The molecular formula is C88H164O23Si6. The Hall–Kier alpha value is -5.55. The monoisotopic (exact) mass is 1760 g/mol. The topological polar surface area (TPSA) is 283 Å². The number of unbranched alkanes of at least 4 members (excludes halogenated alkanes) is 2. The lowest BCUT2D eigenvalue weighted by Gasteiger charge is -2.34. The Labute approximate surface area is 714 Å². The summed E-state index contributed by atoms with van der Waals surface area (Å²) in [4.78, 5) is 104. The highest BCUT2D eigenvalue weighted by molar-refractivity contribution is 6.86. The fourth-order valence-electron chi connectivity index (χ4n) is 10.8. The van der Waals surface area contributed by atoms with Crippen LogP contribution in [0.1, 0.15) is 255 Å². The van der Waals surface area contributed by atoms with Gasteiger partial charge in [0.15, 0.2) is 69.7 Å². The van der Waals surface area contributed by atoms with Gasteiger partial charge in [-0.25, -0.2) is 14.4 Å². The summed E-state index contributed by atoms with van der Waals surface area (Å²) in [7, 11) is -11.9. The molecule has 2 rings (SSSR count). The SMILES string of the molecule is CC(C)(C)OC(=O)CC[Si](C)(C)O[Si](C)(C)CCC(=O)OC(C)(C)C.CC(C)(C)OC(=O)COC(=O)CC[Si](C)(C)O[Si](C)(C)CCC(=O)OCC(=O)OC(C)(C)C.CC(C)(C)Oc1ccc(CC[Si](C)(C)O[Si](C)(C)CCc2ccc(OC(C)(C)C)cc2)cc1.CCCCC(=O)OC(C)(C)C.CCCCC(=O)OCC(=O)OC(C)(C)C. The third-order valence-corrected chi connectivity index (χ3v) is 37.1. The molecule has 0 amide bonds. The molecule has 0 atom stereocenters. The molecule has 0 aromatic heterocycles. The summed E-state index contributed by atoms with van der Waals surface area (Å²) in [6.07, 6.45) is 7.77. The minimum absolute atomic E-state index is 0.0839. The molecule has 0 unspecified atom stereocenters. The molecule has 0 bridgehead atoms. The fraction of sp³-hybridized carbons (Fsp3) is 0.761. The molecule has 23 nitrogen and oxygen atoms in total. The van der Waals surface area contributed by atoms with Crippen LogP contribution in [-0.2, 0) is 111 Å². The highest BCUT2D eigenvalue weighted by Crippen LogP contribution is 2.30. The van der Waals surface area contributed by atoms with E-state index in [0.717, 1.165) is 74.2 Å². The van der Waals surface area contributed by atoms with Gasteiger partial charge in [-0.15, -0.1) is 0 Å². The van der Waals surface area contributed by atoms with Gasteiger partial charge >= 0.3 is 53.7 Å². The molecule has 678 valence electrons. The van der Waals surface area contributed by atoms with Crippen LogP contribution < -0.4 is 9.47 Å². The van der Waals surface area contributed by atoms with Gasteiger partial charge < -0.3 is 64.5 Å². The number of carbonyl (C=O) groups is 9. The second kappa shape index (κ2) is 51.4. The van der Waals surface area contributed by atoms with Gasteiger partial charge in [-0.2, -0.15) is 0 Å². The standard InChI is InChI=1S/C28H46O3Si2.C22H42O9Si2.C18H38O5Si2.C11H20O4.C9H18O2/c1-27(2,3)29-25-15-11-23(12-16-25)19-21-32(7,8)31-33(9,10)22-20-24-13-17-26(18-14-24)30-28(4,5)6;1-21(2,3)29-19(25)15-27-17(23)11-13-32(7,8)31-33(9,10)14-12-18(24)28-16-20(26)30-22(4,5)6;1-17(2,3)21-15(19)11-13-24(7,8)23-25(9,10)14-12-16(20)22-18(4,5)6;1-5-6-7-9(12)14-8-10(13)15-11(2,3)4;1-5-6-7-8(10)11-9(2,3)4/h11-18H,19-22H2,1-10H3;11-16H2,1-10H3;11-14H2,1-10H3;5-8H2,1-4H3;5-7H2,1-4H3. The lowest BCUT2D eigenvalue weighted by molar-refractivity contribution is -0.166. The van der Waals surface area contributed by atoms with Crippen molar-refractivity contribution >= 4 is 104 Å². The Kier molecular flexibility index (Phi) is 50.8. The van der Waals surface area contributed by atoms with Crippen molar-refractivity contribution in [2.45, 2.75) is 417 Å². The van der Waals surface area contributed by atoms with Crippen LogP contribution >= 0.6 is 0 Å². The molecule has 0 saturated heterocycles. The van der Waals surface area contributed by atoms with Crippen LogP contribution in [0.25, 0.3) is 0 Å². The van der Waals surface area contributed by atoms with Gasteiger partial charge in [0.2, 0.25) is 0 Å². The molecule has 0 heterocycles. The van der Waals surface area contributed by atoms with E-state index in [0.29, 0.717) is 37.8 Å². The fourth-order valence-corrected chi connectivity index (χ4v) is 36.2. The lowest BCUT2D eigenvalue weighted by Crippen LogP contribution is -2.45. The third-order valence-electron chi connectivity index (χ3n) is 15.2. The Morgan fingerprint density at radius 1 is 0.248 bits per heavy atom. The highest BCUT2D eigenvalue weighted by atomic mass is 28.4. The molecule has 0 aliphatic carbocycles. The maximum Gasteiger partial charge on any atom is 0.344 e. The quantitative estimate of drug-likeness (QED) is 0.0343. The zero-order valence-electron chi connectivity index (χ0n) is 80.4. The van der Waals surface area contributed by atoms with Gasteiger partial charge in [-0.3, -0.25) is 28.8 Å². The van der Waals surface area contributed by atoms with Crippen molar-refractivity contribution < 1.29 is 108 Å². The third kappa shape index (κ3) is 75.2. The van der Waals surface area contributed by atoms with Crippen LogP contribution in [0.2, 0.25) is 115 Å². The Bertz CT molecular complexity index is 3100. The molecule has 0 saturated carbocycles. The molecule has 29 heteroatoms. The van der Waals surface area contributed by atoms with E-state index in [4.69, 9.17) is 64.5 Å². The van der Waals surface area contributed by atoms with Crippen molar-refractivity contribution in [1.29, 1.82) is 0 Å². The molecule has 0 fully saturated rings. The van der Waals surface area contributed by atoms with Crippen molar-refractivity contribution in [2.24, 2.45) is 0 Å². The Morgan fingerprint density at radius 3 is 0.650 bits per heavy atom. The van der Waals surface area contributed by atoms with E-state index in [9.17, 15) is 43.2 Å². The number of benzene rings is 2. The van der Waals surface area contributed by atoms with Gasteiger partial charge in [0, 0.05) is 38.5 Å². The smallest absolute Gasteiger partial charge is 0.344 e. The summed E-state index contributed by atoms with van der Waals surface area (Å²) in [5.41, 5.74) is -0.649. The van der Waals surface area contributed by atoms with Crippen LogP contribution in [0, 0.1) is 0 Å². The van der Waals surface area contributed by atoms with Crippen LogP contribution in [0.15, 0.2) is 48.5 Å². The predicted molar refractivity (Wildman–Crippen MR) is 484 cm³/mol. The van der Waals surface area contributed by atoms with E-state index in [2.05, 4.69) is 149 Å². The Morgan fingerprint density at radius 2 is 0.436 bits per heavy atom. The van der Waals surface area contributed by atoms with Crippen LogP contribution in [0.5, 0.6) is 11.5 Å². The number of hydrogen-bond donors (Lipinski definition) is 0. The van der Waals surface area contributed by atoms with Gasteiger partial charge in [0.25, 0.3) is 0 Å². The first-order valence-electron chi connectivity index (χ1n) is 41.9. The average Bonchev–Trinajstić information content (AvgIpc) is 0.850. The van der Waals surface area contributed by atoms with Crippen LogP contribution in [0.4, 0.5) is 0 Å². The largest absolute Gasteiger partial charge is 0.488 e. The predicted octanol–water partition coefficient (Wildman–Crippen LogP) is 21.7. The normalized spacial score (nSPS) is 12.6. The molecule has 0 radical (unpaired) electrons. The molecule has 0 spiro atoms. The molecule has 2 aromatic carbocycles. The molecule has 2 aromatic rings. The minimum Gasteiger partial charge on any atom is -0.488 e. The van der Waals surface area contributed by atoms with Gasteiger partial charge in [0.05, 0.1) is 0 Å². The van der Waals surface area contributed by atoms with E-state index in [1.807, 2.05) is 95.4 Å². The van der Waals surface area contributed by atoms with Crippen molar-refractivity contribution in [1.82, 2.24) is 0 Å². The van der Waals surface area contributed by atoms with Gasteiger partial charge in [-0.05, 0) is 342 Å². The summed E-state index contributed by atoms with van der Waals surface area (Å²) in [6.45, 7) is 74.0. The van der Waals surface area contributed by atoms with E-state index < -0.39 is 121 Å². The number of rotatable bonds is 38. The van der Waals surface area contributed by atoms with Gasteiger partial charge in [-0.1, -0.05) is 51.0 Å². The van der Waals surface area contributed by atoms with Crippen LogP contribution in [-0.4, -0.2) is 168 Å². The number of ether oxygens (including phenoxy) is 11. The lowest BCUT2D eigenvalue weighted by atomic mass is 10.1. The maximum atomic E-state index is 12.0. The summed E-state index contributed by atoms with van der Waals surface area (Å²) < 4.78 is 77.4. The maximum absolute atomic E-state index is 12.0. The second-order valence-corrected chi connectivity index (χ2v) is 67.9. The average molecular weight is 1760 g/mol. The van der Waals surface area contributed by atoms with Gasteiger partial charge in [0.1, 0.15) is 56.3 Å². The summed E-state index contributed by atoms with van der Waals surface area (Å²) >= 11 is 0. The molecule has 0 N–H and O–H groups in total. The van der Waals surface area contributed by atoms with E-state index in [1.54, 1.807) is 62.3 Å². The van der Waals surface area contributed by atoms with E-state index in [1.165, 1.54) is 11.1 Å². The first-order valence-corrected chi connectivity index (χ1v) is 60.6. The number of esters is 9. The van der Waals surface area contributed by atoms with Crippen molar-refractivity contribution in [3.8, 4) is 11.5 Å². The highest BCUT2D eigenvalue weighted by Gasteiger charge is 2.38. The number of carbonyl (C=O) groups excluding carboxylic acids is 9. The number of aryl methyl sites for hydroxylation is 2. The van der Waals surface area contributed by atoms with Crippen molar-refractivity contribution in [3.63, 3.8) is 0 Å². The summed E-state index contributed by atoms with van der Waals surface area (Å²) in [6, 6.07) is 21.9. The van der Waals surface area contributed by atoms with Crippen LogP contribution in [0.3, 0.4) is 0 Å². The van der Waals surface area contributed by atoms with E-state index >= 15 is 0 Å². The first kappa shape index (κ1) is 116. The van der Waals surface area contributed by atoms with Crippen molar-refractivity contribution in [3.05, 3.63) is 59.7 Å². The second-order valence-electron chi connectivity index (χ2n) is 41.3. The minimum atomic E-state index is -2.21. The van der Waals surface area contributed by atoms with E-state index in [-0.39, 0.29) is 60.1 Å².